The lowest BCUT2D eigenvalue weighted by atomic mass is 9.99. The van der Waals surface area contributed by atoms with E-state index in [1.807, 2.05) is 47.8 Å². The van der Waals surface area contributed by atoms with Crippen LogP contribution in [0.25, 0.3) is 22.2 Å². The van der Waals surface area contributed by atoms with E-state index in [1.54, 1.807) is 37.7 Å². The normalized spacial score (nSPS) is 13.6. The molecule has 1 fully saturated rings. The highest BCUT2D eigenvalue weighted by Crippen LogP contribution is 2.39. The van der Waals surface area contributed by atoms with E-state index in [0.717, 1.165) is 42.6 Å². The van der Waals surface area contributed by atoms with E-state index in [2.05, 4.69) is 25.6 Å². The number of nitrogens with one attached hydrogen (secondary N) is 2. The molecule has 0 radical (unpaired) electrons. The van der Waals surface area contributed by atoms with Crippen LogP contribution >= 0.6 is 11.3 Å². The zero-order valence-corrected chi connectivity index (χ0v) is 23.3. The number of carbonyl (C=O) groups is 1. The van der Waals surface area contributed by atoms with Crippen LogP contribution in [-0.2, 0) is 0 Å². The molecule has 0 bridgehead atoms. The first-order chi connectivity index (χ1) is 20.2. The Kier molecular flexibility index (Phi) is 8.01. The molecule has 5 aromatic rings. The van der Waals surface area contributed by atoms with Crippen molar-refractivity contribution >= 4 is 34.0 Å². The predicted octanol–water partition coefficient (Wildman–Crippen LogP) is 6.18. The SMILES string of the molecule is COc1c(OCC2CCNCC2)ccc2c(Oc3ccc(NC(=O)c4nc(-c5ccccc5)cs4)nc3)ccnc12. The summed E-state index contributed by atoms with van der Waals surface area (Å²) in [6.45, 7) is 2.69. The molecule has 6 rings (SSSR count). The van der Waals surface area contributed by atoms with Crippen molar-refractivity contribution in [3.8, 4) is 34.3 Å². The maximum Gasteiger partial charge on any atom is 0.285 e. The number of hydrogen-bond acceptors (Lipinski definition) is 9. The molecule has 3 aromatic heterocycles. The maximum atomic E-state index is 12.7. The Hall–Kier alpha value is -4.54. The second kappa shape index (κ2) is 12.3. The number of hydrogen-bond donors (Lipinski definition) is 2. The van der Waals surface area contributed by atoms with Gasteiger partial charge in [0.25, 0.3) is 5.91 Å². The van der Waals surface area contributed by atoms with Crippen LogP contribution in [0.1, 0.15) is 22.6 Å². The summed E-state index contributed by atoms with van der Waals surface area (Å²) in [5, 5.41) is 9.20. The van der Waals surface area contributed by atoms with Crippen LogP contribution in [0.3, 0.4) is 0 Å². The van der Waals surface area contributed by atoms with Crippen molar-refractivity contribution in [2.24, 2.45) is 5.92 Å². The molecular weight excluding hydrogens is 538 g/mol. The van der Waals surface area contributed by atoms with Gasteiger partial charge in [0.1, 0.15) is 22.8 Å². The minimum Gasteiger partial charge on any atom is -0.491 e. The van der Waals surface area contributed by atoms with Gasteiger partial charge < -0.3 is 24.8 Å². The highest BCUT2D eigenvalue weighted by molar-refractivity contribution is 7.12. The number of carbonyl (C=O) groups excluding carboxylic acids is 1. The van der Waals surface area contributed by atoms with Crippen LogP contribution in [0.4, 0.5) is 5.82 Å². The fourth-order valence-corrected chi connectivity index (χ4v) is 5.46. The van der Waals surface area contributed by atoms with Crippen LogP contribution in [0.15, 0.2) is 78.4 Å². The number of rotatable bonds is 9. The number of ether oxygens (including phenoxy) is 3. The zero-order valence-electron chi connectivity index (χ0n) is 22.5. The summed E-state index contributed by atoms with van der Waals surface area (Å²) >= 11 is 1.29. The van der Waals surface area contributed by atoms with Gasteiger partial charge in [-0.05, 0) is 62.2 Å². The van der Waals surface area contributed by atoms with Gasteiger partial charge in [-0.15, -0.1) is 11.3 Å². The molecule has 0 aliphatic carbocycles. The third-order valence-electron chi connectivity index (χ3n) is 6.90. The quantitative estimate of drug-likeness (QED) is 0.217. The molecule has 4 heterocycles. The van der Waals surface area contributed by atoms with Gasteiger partial charge in [0, 0.05) is 22.5 Å². The van der Waals surface area contributed by atoms with Gasteiger partial charge in [-0.1, -0.05) is 30.3 Å². The van der Waals surface area contributed by atoms with Crippen molar-refractivity contribution < 1.29 is 19.0 Å². The number of aromatic nitrogens is 3. The Bertz CT molecular complexity index is 1640. The maximum absolute atomic E-state index is 12.7. The number of thiazole rings is 1. The van der Waals surface area contributed by atoms with Gasteiger partial charge in [0.15, 0.2) is 16.5 Å². The molecule has 0 unspecified atom stereocenters. The fraction of sp³-hybridized carbons (Fsp3) is 0.226. The summed E-state index contributed by atoms with van der Waals surface area (Å²) < 4.78 is 18.0. The Morgan fingerprint density at radius 1 is 1.02 bits per heavy atom. The number of piperidine rings is 1. The molecule has 0 atom stereocenters. The molecule has 41 heavy (non-hydrogen) atoms. The van der Waals surface area contributed by atoms with Crippen molar-refractivity contribution in [3.05, 3.63) is 83.4 Å². The molecule has 1 saturated heterocycles. The van der Waals surface area contributed by atoms with E-state index in [-0.39, 0.29) is 5.91 Å². The van der Waals surface area contributed by atoms with Crippen molar-refractivity contribution in [3.63, 3.8) is 0 Å². The van der Waals surface area contributed by atoms with Gasteiger partial charge in [-0.25, -0.2) is 9.97 Å². The predicted molar refractivity (Wildman–Crippen MR) is 159 cm³/mol. The average molecular weight is 568 g/mol. The molecular formula is C31H29N5O4S. The largest absolute Gasteiger partial charge is 0.491 e. The third-order valence-corrected chi connectivity index (χ3v) is 7.74. The summed E-state index contributed by atoms with van der Waals surface area (Å²) in [6.07, 6.45) is 5.44. The average Bonchev–Trinajstić information content (AvgIpc) is 3.53. The lowest BCUT2D eigenvalue weighted by Gasteiger charge is -2.23. The minimum absolute atomic E-state index is 0.316. The first-order valence-corrected chi connectivity index (χ1v) is 14.3. The van der Waals surface area contributed by atoms with E-state index in [0.29, 0.717) is 51.9 Å². The molecule has 9 nitrogen and oxygen atoms in total. The molecule has 0 saturated carbocycles. The van der Waals surface area contributed by atoms with Crippen molar-refractivity contribution in [1.29, 1.82) is 0 Å². The molecule has 2 aromatic carbocycles. The van der Waals surface area contributed by atoms with E-state index >= 15 is 0 Å². The van der Waals surface area contributed by atoms with Crippen LogP contribution < -0.4 is 24.8 Å². The van der Waals surface area contributed by atoms with Gasteiger partial charge in [-0.2, -0.15) is 0 Å². The number of benzene rings is 2. The second-order valence-electron chi connectivity index (χ2n) is 9.65. The van der Waals surface area contributed by atoms with Crippen LogP contribution in [0, 0.1) is 5.92 Å². The minimum atomic E-state index is -0.316. The van der Waals surface area contributed by atoms with Crippen molar-refractivity contribution in [1.82, 2.24) is 20.3 Å². The molecule has 2 N–H and O–H groups in total. The Labute approximate surface area is 241 Å². The summed E-state index contributed by atoms with van der Waals surface area (Å²) in [4.78, 5) is 26.1. The van der Waals surface area contributed by atoms with Crippen LogP contribution in [0.5, 0.6) is 23.0 Å². The smallest absolute Gasteiger partial charge is 0.285 e. The summed E-state index contributed by atoms with van der Waals surface area (Å²) in [5.74, 6) is 2.97. The third kappa shape index (κ3) is 6.13. The Balaban J connectivity index is 1.13. The molecule has 208 valence electrons. The van der Waals surface area contributed by atoms with E-state index in [1.165, 1.54) is 11.3 Å². The highest BCUT2D eigenvalue weighted by Gasteiger charge is 2.18. The van der Waals surface area contributed by atoms with Crippen molar-refractivity contribution in [2.45, 2.75) is 12.8 Å². The summed E-state index contributed by atoms with van der Waals surface area (Å²) in [7, 11) is 1.62. The number of fused-ring (bicyclic) bond motifs is 1. The summed E-state index contributed by atoms with van der Waals surface area (Å²) in [6, 6.07) is 18.8. The van der Waals surface area contributed by atoms with Gasteiger partial charge >= 0.3 is 0 Å². The van der Waals surface area contributed by atoms with Gasteiger partial charge in [0.2, 0.25) is 0 Å². The molecule has 1 aliphatic rings. The Morgan fingerprint density at radius 2 is 1.88 bits per heavy atom. The number of pyridine rings is 2. The van der Waals surface area contributed by atoms with E-state index < -0.39 is 0 Å². The standard InChI is InChI=1S/C31H29N5O4S/c1-38-29-26(39-18-20-11-14-32-15-12-20)9-8-23-25(13-16-33-28(23)29)40-22-7-10-27(34-17-22)36-30(37)31-35-24(19-41-31)21-5-3-2-4-6-21/h2-10,13,16-17,19-20,32H,11-12,14-15,18H2,1H3,(H,34,36,37). The van der Waals surface area contributed by atoms with Gasteiger partial charge in [-0.3, -0.25) is 9.78 Å². The van der Waals surface area contributed by atoms with Crippen LogP contribution in [-0.4, -0.2) is 47.7 Å². The Morgan fingerprint density at radius 3 is 2.66 bits per heavy atom. The van der Waals surface area contributed by atoms with Crippen LogP contribution in [0.2, 0.25) is 0 Å². The lowest BCUT2D eigenvalue weighted by Crippen LogP contribution is -2.30. The highest BCUT2D eigenvalue weighted by atomic mass is 32.1. The van der Waals surface area contributed by atoms with Gasteiger partial charge in [0.05, 0.1) is 25.6 Å². The van der Waals surface area contributed by atoms with Crippen molar-refractivity contribution in [2.75, 3.05) is 32.1 Å². The number of nitrogens with zero attached hydrogens (tertiary/aromatic N) is 3. The first kappa shape index (κ1) is 26.7. The number of anilines is 1. The monoisotopic (exact) mass is 567 g/mol. The number of amides is 1. The van der Waals surface area contributed by atoms with E-state index in [4.69, 9.17) is 14.2 Å². The number of methoxy groups -OCH3 is 1. The fourth-order valence-electron chi connectivity index (χ4n) is 4.74. The molecule has 1 amide bonds. The molecule has 1 aliphatic heterocycles. The topological polar surface area (TPSA) is 107 Å². The second-order valence-corrected chi connectivity index (χ2v) is 10.5. The van der Waals surface area contributed by atoms with E-state index in [9.17, 15) is 4.79 Å². The summed E-state index contributed by atoms with van der Waals surface area (Å²) in [5.41, 5.74) is 2.38. The molecule has 0 spiro atoms. The lowest BCUT2D eigenvalue weighted by molar-refractivity contribution is 0.102. The molecule has 10 heteroatoms. The first-order valence-electron chi connectivity index (χ1n) is 13.4. The zero-order chi connectivity index (χ0) is 28.0.